The third kappa shape index (κ3) is 32.5. The van der Waals surface area contributed by atoms with Crippen molar-refractivity contribution in [3.8, 4) is 0 Å². The Morgan fingerprint density at radius 3 is 1.30 bits per heavy atom. The van der Waals surface area contributed by atoms with Crippen LogP contribution in [0.5, 0.6) is 0 Å². The maximum Gasteiger partial charge on any atom is 0.412 e. The summed E-state index contributed by atoms with van der Waals surface area (Å²) in [5.41, 5.74) is -1.16. The van der Waals surface area contributed by atoms with Gasteiger partial charge in [-0.05, 0) is 130 Å². The highest BCUT2D eigenvalue weighted by Crippen LogP contribution is 2.27. The number of halogens is 6. The highest BCUT2D eigenvalue weighted by atomic mass is 19.4. The molecule has 56 heavy (non-hydrogen) atoms. The number of ether oxygens (including phenoxy) is 3. The number of carbonyl (C=O) groups excluding carboxylic acids is 3. The summed E-state index contributed by atoms with van der Waals surface area (Å²) in [5, 5.41) is 0. The van der Waals surface area contributed by atoms with Gasteiger partial charge in [0, 0.05) is 30.4 Å². The highest BCUT2D eigenvalue weighted by Gasteiger charge is 2.30. The molecule has 0 saturated carbocycles. The summed E-state index contributed by atoms with van der Waals surface area (Å²) >= 11 is 0. The number of nitrogens with zero attached hydrogens (tertiary/aromatic N) is 1. The highest BCUT2D eigenvalue weighted by molar-refractivity contribution is 5.70. The van der Waals surface area contributed by atoms with E-state index in [1.165, 1.54) is 12.2 Å². The molecule has 0 aliphatic heterocycles. The third-order valence-electron chi connectivity index (χ3n) is 9.96. The molecule has 0 rings (SSSR count). The van der Waals surface area contributed by atoms with Crippen LogP contribution in [-0.2, 0) is 28.6 Å². The molecular formula is C43H73F6NO6. The first kappa shape index (κ1) is 53.4. The summed E-state index contributed by atoms with van der Waals surface area (Å²) in [4.78, 5) is 38.8. The van der Waals surface area contributed by atoms with E-state index in [0.29, 0.717) is 57.8 Å². The lowest BCUT2D eigenvalue weighted by Crippen LogP contribution is -2.20. The number of rotatable bonds is 33. The summed E-state index contributed by atoms with van der Waals surface area (Å²) in [6.07, 6.45) is 9.19. The molecule has 0 fully saturated rings. The normalized spacial score (nSPS) is 14.4. The van der Waals surface area contributed by atoms with Gasteiger partial charge in [0.15, 0.2) is 0 Å². The molecule has 0 aromatic carbocycles. The molecule has 0 spiro atoms. The molecule has 13 heteroatoms. The molecule has 0 radical (unpaired) electrons. The van der Waals surface area contributed by atoms with Crippen LogP contribution in [0.2, 0.25) is 0 Å². The van der Waals surface area contributed by atoms with E-state index >= 15 is 0 Å². The third-order valence-corrected chi connectivity index (χ3v) is 9.96. The Hall–Kier alpha value is -2.57. The Morgan fingerprint density at radius 2 is 0.911 bits per heavy atom. The monoisotopic (exact) mass is 814 g/mol. The van der Waals surface area contributed by atoms with E-state index in [1.54, 1.807) is 0 Å². The van der Waals surface area contributed by atoms with Crippen molar-refractivity contribution in [2.24, 2.45) is 11.8 Å². The van der Waals surface area contributed by atoms with E-state index < -0.39 is 23.5 Å². The zero-order chi connectivity index (χ0) is 42.4. The number of alkyl halides is 6. The fourth-order valence-electron chi connectivity index (χ4n) is 5.97. The molecule has 328 valence electrons. The van der Waals surface area contributed by atoms with E-state index in [2.05, 4.69) is 0 Å². The van der Waals surface area contributed by atoms with Gasteiger partial charge in [0.1, 0.15) is 6.10 Å². The van der Waals surface area contributed by atoms with Gasteiger partial charge >= 0.3 is 30.3 Å². The molecule has 0 bridgehead atoms. The van der Waals surface area contributed by atoms with Crippen LogP contribution in [0.4, 0.5) is 26.3 Å². The minimum Gasteiger partial charge on any atom is -0.466 e. The van der Waals surface area contributed by atoms with Crippen LogP contribution in [0.15, 0.2) is 23.3 Å². The van der Waals surface area contributed by atoms with E-state index in [4.69, 9.17) is 14.2 Å². The van der Waals surface area contributed by atoms with Crippen molar-refractivity contribution in [2.45, 2.75) is 187 Å². The van der Waals surface area contributed by atoms with Crippen LogP contribution in [0.25, 0.3) is 0 Å². The van der Waals surface area contributed by atoms with Crippen LogP contribution in [0, 0.1) is 11.8 Å². The number of hydrogen-bond acceptors (Lipinski definition) is 7. The maximum absolute atomic E-state index is 12.6. The molecule has 7 nitrogen and oxygen atoms in total. The molecule has 0 amide bonds. The predicted molar refractivity (Wildman–Crippen MR) is 210 cm³/mol. The summed E-state index contributed by atoms with van der Waals surface area (Å²) in [6.45, 7) is 7.39. The molecule has 0 heterocycles. The first-order chi connectivity index (χ1) is 26.3. The number of carbonyl (C=O) groups is 3. The topological polar surface area (TPSA) is 82.1 Å². The first-order valence-electron chi connectivity index (χ1n) is 20.9. The summed E-state index contributed by atoms with van der Waals surface area (Å²) < 4.78 is 92.0. The van der Waals surface area contributed by atoms with Gasteiger partial charge in [0.05, 0.1) is 13.2 Å². The predicted octanol–water partition coefficient (Wildman–Crippen LogP) is 12.4. The second-order valence-electron chi connectivity index (χ2n) is 15.8. The molecule has 0 saturated heterocycles. The smallest absolute Gasteiger partial charge is 0.412 e. The molecule has 2 unspecified atom stereocenters. The summed E-state index contributed by atoms with van der Waals surface area (Å²) in [7, 11) is 3.94. The Kier molecular flexibility index (Phi) is 30.0. The van der Waals surface area contributed by atoms with Gasteiger partial charge < -0.3 is 19.1 Å². The van der Waals surface area contributed by atoms with E-state index in [1.807, 2.05) is 32.8 Å². The minimum atomic E-state index is -4.28. The molecule has 2 atom stereocenters. The van der Waals surface area contributed by atoms with Gasteiger partial charge in [-0.25, -0.2) is 0 Å². The standard InChI is InChI=1S/C43H73F6NO6/c1-34(20-17-22-36(3)42(44,45)46)29-32-54-39(51)26-15-11-7-9-13-24-38(56-41(53)28-19-31-50(5)6)25-14-10-8-12-16-27-40(52)55-33-30-35(2)21-18-23-37(4)43(47,48)49/h22-23,34-35,38H,7-21,24-33H2,1-6H3/b36-22-,37-23-. The Bertz CT molecular complexity index is 1050. The second-order valence-corrected chi connectivity index (χ2v) is 15.8. The van der Waals surface area contributed by atoms with E-state index in [0.717, 1.165) is 104 Å². The van der Waals surface area contributed by atoms with Crippen LogP contribution in [-0.4, -0.2) is 75.1 Å². The van der Waals surface area contributed by atoms with Crippen molar-refractivity contribution in [1.29, 1.82) is 0 Å². The summed E-state index contributed by atoms with van der Waals surface area (Å²) in [6, 6.07) is 0. The maximum atomic E-state index is 12.6. The van der Waals surface area contributed by atoms with Crippen LogP contribution in [0.3, 0.4) is 0 Å². The quantitative estimate of drug-likeness (QED) is 0.0215. The van der Waals surface area contributed by atoms with Gasteiger partial charge in [-0.15, -0.1) is 0 Å². The Labute approximate surface area is 333 Å². The molecule has 0 aromatic rings. The average Bonchev–Trinajstić information content (AvgIpc) is 3.09. The molecule has 0 aliphatic carbocycles. The van der Waals surface area contributed by atoms with Crippen molar-refractivity contribution >= 4 is 17.9 Å². The largest absolute Gasteiger partial charge is 0.466 e. The van der Waals surface area contributed by atoms with Crippen LogP contribution >= 0.6 is 0 Å². The lowest BCUT2D eigenvalue weighted by molar-refractivity contribution is -0.150. The van der Waals surface area contributed by atoms with Crippen LogP contribution in [0.1, 0.15) is 169 Å². The minimum absolute atomic E-state index is 0.133. The number of unbranched alkanes of at least 4 members (excludes halogenated alkanes) is 8. The number of hydrogen-bond donors (Lipinski definition) is 0. The van der Waals surface area contributed by atoms with Crippen molar-refractivity contribution in [3.63, 3.8) is 0 Å². The fourth-order valence-corrected chi connectivity index (χ4v) is 5.97. The second kappa shape index (κ2) is 31.4. The lowest BCUT2D eigenvalue weighted by atomic mass is 10.0. The zero-order valence-electron chi connectivity index (χ0n) is 35.2. The van der Waals surface area contributed by atoms with Gasteiger partial charge in [-0.2, -0.15) is 26.3 Å². The van der Waals surface area contributed by atoms with Crippen molar-refractivity contribution in [2.75, 3.05) is 33.9 Å². The van der Waals surface area contributed by atoms with Gasteiger partial charge in [0.25, 0.3) is 0 Å². The van der Waals surface area contributed by atoms with Crippen LogP contribution < -0.4 is 0 Å². The number of esters is 3. The van der Waals surface area contributed by atoms with Crippen molar-refractivity contribution in [1.82, 2.24) is 4.90 Å². The van der Waals surface area contributed by atoms with Gasteiger partial charge in [0.2, 0.25) is 0 Å². The molecule has 0 N–H and O–H groups in total. The van der Waals surface area contributed by atoms with Gasteiger partial charge in [-0.3, -0.25) is 14.4 Å². The molecule has 0 aromatic heterocycles. The fraction of sp³-hybridized carbons (Fsp3) is 0.837. The molecular weight excluding hydrogens is 740 g/mol. The zero-order valence-corrected chi connectivity index (χ0v) is 35.2. The lowest BCUT2D eigenvalue weighted by Gasteiger charge is -2.18. The van der Waals surface area contributed by atoms with Crippen molar-refractivity contribution in [3.05, 3.63) is 23.3 Å². The molecule has 0 aliphatic rings. The first-order valence-corrected chi connectivity index (χ1v) is 20.9. The van der Waals surface area contributed by atoms with E-state index in [-0.39, 0.29) is 49.1 Å². The summed E-state index contributed by atoms with van der Waals surface area (Å²) in [5.74, 6) is -0.353. The van der Waals surface area contributed by atoms with Crippen molar-refractivity contribution < 1.29 is 54.9 Å². The Balaban J connectivity index is 4.25. The van der Waals surface area contributed by atoms with Gasteiger partial charge in [-0.1, -0.05) is 64.5 Å². The average molecular weight is 814 g/mol. The SMILES string of the molecule is C/C(=C/CCC(C)CCOC(=O)CCCCCCCC(CCCCCCCC(=O)OCCC(C)CC/C=C(/C)C(F)(F)F)OC(=O)CCCN(C)C)C(F)(F)F. The number of allylic oxidation sites excluding steroid dienone is 4. The van der Waals surface area contributed by atoms with E-state index in [9.17, 15) is 40.7 Å². The Morgan fingerprint density at radius 1 is 0.536 bits per heavy atom.